The monoisotopic (exact) mass is 286 g/mol. The van der Waals surface area contributed by atoms with E-state index in [1.54, 1.807) is 0 Å². The van der Waals surface area contributed by atoms with Crippen molar-refractivity contribution in [2.75, 3.05) is 0 Å². The minimum Gasteiger partial charge on any atom is -0.299 e. The van der Waals surface area contributed by atoms with Crippen molar-refractivity contribution >= 4 is 21.4 Å². The zero-order valence-electron chi connectivity index (χ0n) is 9.39. The lowest BCUT2D eigenvalue weighted by atomic mass is 10.1. The first-order valence-corrected chi connectivity index (χ1v) is 6.24. The number of nitrogens with zero attached hydrogens (tertiary/aromatic N) is 2. The lowest BCUT2D eigenvalue weighted by Gasteiger charge is -2.05. The van der Waals surface area contributed by atoms with Crippen molar-refractivity contribution in [1.29, 1.82) is 0 Å². The average molecular weight is 287 g/mol. The summed E-state index contributed by atoms with van der Waals surface area (Å²) in [5.74, 6) is 0.986. The second-order valence-electron chi connectivity index (χ2n) is 4.01. The van der Waals surface area contributed by atoms with Gasteiger partial charge in [0.25, 0.3) is 0 Å². The fourth-order valence-electron chi connectivity index (χ4n) is 2.01. The number of pyridine rings is 1. The van der Waals surface area contributed by atoms with Crippen LogP contribution in [0.1, 0.15) is 5.56 Å². The number of aryl methyl sites for hydroxylation is 1. The summed E-state index contributed by atoms with van der Waals surface area (Å²) < 4.78 is 3.17. The Morgan fingerprint density at radius 1 is 1.12 bits per heavy atom. The fourth-order valence-corrected chi connectivity index (χ4v) is 2.46. The molecule has 2 nitrogen and oxygen atoms in total. The minimum atomic E-state index is 0.986. The van der Waals surface area contributed by atoms with Crippen LogP contribution in [0.25, 0.3) is 16.9 Å². The number of rotatable bonds is 1. The lowest BCUT2D eigenvalue weighted by Crippen LogP contribution is -1.91. The molecule has 3 rings (SSSR count). The van der Waals surface area contributed by atoms with Gasteiger partial charge in [-0.2, -0.15) is 0 Å². The third kappa shape index (κ3) is 1.67. The van der Waals surface area contributed by atoms with Crippen LogP contribution >= 0.6 is 15.9 Å². The van der Waals surface area contributed by atoms with Gasteiger partial charge in [0, 0.05) is 16.2 Å². The van der Waals surface area contributed by atoms with E-state index in [1.807, 2.05) is 36.7 Å². The summed E-state index contributed by atoms with van der Waals surface area (Å²) in [5.41, 5.74) is 3.50. The summed E-state index contributed by atoms with van der Waals surface area (Å²) in [6, 6.07) is 12.3. The average Bonchev–Trinajstić information content (AvgIpc) is 2.75. The maximum Gasteiger partial charge on any atom is 0.144 e. The number of fused-ring (bicyclic) bond motifs is 1. The zero-order valence-corrected chi connectivity index (χ0v) is 11.0. The molecule has 0 aliphatic carbocycles. The standard InChI is InChI=1S/C14H11BrN2/c1-10-5-2-3-6-11(10)14-16-9-13-12(15)7-4-8-17(13)14/h2-9H,1H3. The highest BCUT2D eigenvalue weighted by atomic mass is 79.9. The van der Waals surface area contributed by atoms with E-state index >= 15 is 0 Å². The molecule has 0 saturated carbocycles. The van der Waals surface area contributed by atoms with Crippen LogP contribution in [0.2, 0.25) is 0 Å². The van der Waals surface area contributed by atoms with E-state index in [-0.39, 0.29) is 0 Å². The Morgan fingerprint density at radius 3 is 2.76 bits per heavy atom. The first-order valence-electron chi connectivity index (χ1n) is 5.45. The zero-order chi connectivity index (χ0) is 11.8. The molecule has 0 aliphatic rings. The van der Waals surface area contributed by atoms with Gasteiger partial charge in [-0.15, -0.1) is 0 Å². The fraction of sp³-hybridized carbons (Fsp3) is 0.0714. The van der Waals surface area contributed by atoms with Gasteiger partial charge >= 0.3 is 0 Å². The number of hydrogen-bond donors (Lipinski definition) is 0. The van der Waals surface area contributed by atoms with Gasteiger partial charge in [0.15, 0.2) is 0 Å². The number of halogens is 1. The SMILES string of the molecule is Cc1ccccc1-c1ncc2c(Br)cccn12. The smallest absolute Gasteiger partial charge is 0.144 e. The van der Waals surface area contributed by atoms with Crippen LogP contribution in [-0.4, -0.2) is 9.38 Å². The summed E-state index contributed by atoms with van der Waals surface area (Å²) in [5, 5.41) is 0. The Hall–Kier alpha value is -1.61. The van der Waals surface area contributed by atoms with Crippen molar-refractivity contribution in [3.05, 3.63) is 58.8 Å². The number of imidazole rings is 1. The molecule has 3 heteroatoms. The topological polar surface area (TPSA) is 17.3 Å². The maximum absolute atomic E-state index is 4.52. The molecule has 0 unspecified atom stereocenters. The van der Waals surface area contributed by atoms with Gasteiger partial charge in [-0.05, 0) is 40.5 Å². The number of aromatic nitrogens is 2. The highest BCUT2D eigenvalue weighted by Crippen LogP contribution is 2.26. The minimum absolute atomic E-state index is 0.986. The van der Waals surface area contributed by atoms with E-state index < -0.39 is 0 Å². The first kappa shape index (κ1) is 10.5. The van der Waals surface area contributed by atoms with Crippen LogP contribution in [0.5, 0.6) is 0 Å². The van der Waals surface area contributed by atoms with Gasteiger partial charge in [-0.25, -0.2) is 4.98 Å². The quantitative estimate of drug-likeness (QED) is 0.659. The van der Waals surface area contributed by atoms with E-state index in [0.717, 1.165) is 15.8 Å². The molecule has 0 spiro atoms. The molecule has 84 valence electrons. The predicted octanol–water partition coefficient (Wildman–Crippen LogP) is 4.07. The predicted molar refractivity (Wildman–Crippen MR) is 73.1 cm³/mol. The largest absolute Gasteiger partial charge is 0.299 e. The molecule has 0 aliphatic heterocycles. The molecule has 0 radical (unpaired) electrons. The molecule has 1 aromatic carbocycles. The molecule has 0 amide bonds. The van der Waals surface area contributed by atoms with Gasteiger partial charge < -0.3 is 0 Å². The normalized spacial score (nSPS) is 10.9. The first-order chi connectivity index (χ1) is 8.27. The Kier molecular flexibility index (Phi) is 2.48. The molecular formula is C14H11BrN2. The lowest BCUT2D eigenvalue weighted by molar-refractivity contribution is 1.15. The van der Waals surface area contributed by atoms with Gasteiger partial charge in [0.05, 0.1) is 11.7 Å². The van der Waals surface area contributed by atoms with Crippen LogP contribution in [0.3, 0.4) is 0 Å². The molecule has 3 aromatic rings. The van der Waals surface area contributed by atoms with Crippen LogP contribution in [0.15, 0.2) is 53.3 Å². The third-order valence-electron chi connectivity index (χ3n) is 2.91. The molecule has 0 atom stereocenters. The molecule has 2 aromatic heterocycles. The van der Waals surface area contributed by atoms with Crippen LogP contribution in [0, 0.1) is 6.92 Å². The molecule has 0 fully saturated rings. The van der Waals surface area contributed by atoms with E-state index in [9.17, 15) is 0 Å². The highest BCUT2D eigenvalue weighted by Gasteiger charge is 2.09. The van der Waals surface area contributed by atoms with E-state index in [0.29, 0.717) is 0 Å². The number of hydrogen-bond acceptors (Lipinski definition) is 1. The summed E-state index contributed by atoms with van der Waals surface area (Å²) in [6.45, 7) is 2.11. The Balaban J connectivity index is 2.33. The van der Waals surface area contributed by atoms with Crippen molar-refractivity contribution in [2.45, 2.75) is 6.92 Å². The summed E-state index contributed by atoms with van der Waals surface area (Å²) in [7, 11) is 0. The van der Waals surface area contributed by atoms with E-state index in [2.05, 4.69) is 44.4 Å². The Bertz CT molecular complexity index is 686. The molecule has 0 saturated heterocycles. The van der Waals surface area contributed by atoms with Crippen molar-refractivity contribution < 1.29 is 0 Å². The van der Waals surface area contributed by atoms with Crippen molar-refractivity contribution in [3.8, 4) is 11.4 Å². The summed E-state index contributed by atoms with van der Waals surface area (Å²) in [6.07, 6.45) is 3.93. The van der Waals surface area contributed by atoms with Gasteiger partial charge in [-0.3, -0.25) is 4.40 Å². The van der Waals surface area contributed by atoms with Gasteiger partial charge in [0.1, 0.15) is 5.82 Å². The molecule has 17 heavy (non-hydrogen) atoms. The molecule has 0 bridgehead atoms. The van der Waals surface area contributed by atoms with Gasteiger partial charge in [0.2, 0.25) is 0 Å². The number of benzene rings is 1. The second-order valence-corrected chi connectivity index (χ2v) is 4.86. The van der Waals surface area contributed by atoms with Crippen molar-refractivity contribution in [1.82, 2.24) is 9.38 Å². The molecule has 2 heterocycles. The van der Waals surface area contributed by atoms with E-state index in [1.165, 1.54) is 11.1 Å². The summed E-state index contributed by atoms with van der Waals surface area (Å²) in [4.78, 5) is 4.52. The molecule has 0 N–H and O–H groups in total. The van der Waals surface area contributed by atoms with E-state index in [4.69, 9.17) is 0 Å². The van der Waals surface area contributed by atoms with Crippen molar-refractivity contribution in [2.24, 2.45) is 0 Å². The van der Waals surface area contributed by atoms with Crippen molar-refractivity contribution in [3.63, 3.8) is 0 Å². The summed E-state index contributed by atoms with van der Waals surface area (Å²) >= 11 is 3.54. The Morgan fingerprint density at radius 2 is 1.94 bits per heavy atom. The van der Waals surface area contributed by atoms with Gasteiger partial charge in [-0.1, -0.05) is 24.3 Å². The van der Waals surface area contributed by atoms with Crippen LogP contribution in [-0.2, 0) is 0 Å². The second kappa shape index (κ2) is 4.00. The van der Waals surface area contributed by atoms with Crippen LogP contribution < -0.4 is 0 Å². The third-order valence-corrected chi connectivity index (χ3v) is 3.58. The Labute approximate surface area is 108 Å². The maximum atomic E-state index is 4.52. The molecular weight excluding hydrogens is 276 g/mol. The highest BCUT2D eigenvalue weighted by molar-refractivity contribution is 9.10. The van der Waals surface area contributed by atoms with Crippen LogP contribution in [0.4, 0.5) is 0 Å².